The van der Waals surface area contributed by atoms with Crippen LogP contribution in [0.2, 0.25) is 5.02 Å². The molecular formula is C17H21ClN4O2. The summed E-state index contributed by atoms with van der Waals surface area (Å²) in [5.41, 5.74) is 2.95. The molecule has 1 aliphatic rings. The second-order valence-electron chi connectivity index (χ2n) is 5.95. The van der Waals surface area contributed by atoms with Crippen molar-refractivity contribution in [2.75, 3.05) is 6.61 Å². The van der Waals surface area contributed by atoms with Gasteiger partial charge in [-0.2, -0.15) is 0 Å². The summed E-state index contributed by atoms with van der Waals surface area (Å²) in [6, 6.07) is 5.59. The van der Waals surface area contributed by atoms with Crippen LogP contribution in [0.15, 0.2) is 18.2 Å². The number of hydrogen-bond acceptors (Lipinski definition) is 4. The number of hydrogen-bond donors (Lipinski definition) is 1. The lowest BCUT2D eigenvalue weighted by Crippen LogP contribution is -2.40. The van der Waals surface area contributed by atoms with Gasteiger partial charge in [-0.15, -0.1) is 5.10 Å². The van der Waals surface area contributed by atoms with E-state index < -0.39 is 0 Å². The van der Waals surface area contributed by atoms with Crippen molar-refractivity contribution in [3.63, 3.8) is 0 Å². The molecule has 3 rings (SSSR count). The first kappa shape index (κ1) is 16.8. The molecule has 6 nitrogen and oxygen atoms in total. The average Bonchev–Trinajstić information content (AvgIpc) is 2.92. The van der Waals surface area contributed by atoms with Crippen LogP contribution in [0.5, 0.6) is 5.75 Å². The standard InChI is InChI=1S/C17H21ClN4O2/c1-3-24-17-11(5-4-6-13(17)18)9-16(23)19-12-7-8-14-15(10-12)22(2)21-20-14/h4-6,12H,3,7-10H2,1-2H3,(H,19,23). The lowest BCUT2D eigenvalue weighted by molar-refractivity contribution is -0.121. The summed E-state index contributed by atoms with van der Waals surface area (Å²) < 4.78 is 7.37. The Balaban J connectivity index is 1.65. The van der Waals surface area contributed by atoms with Crippen LogP contribution < -0.4 is 10.1 Å². The highest BCUT2D eigenvalue weighted by molar-refractivity contribution is 6.32. The number of nitrogens with one attached hydrogen (secondary N) is 1. The molecule has 128 valence electrons. The summed E-state index contributed by atoms with van der Waals surface area (Å²) in [5, 5.41) is 11.8. The Labute approximate surface area is 146 Å². The molecule has 0 fully saturated rings. The van der Waals surface area contributed by atoms with Crippen LogP contribution >= 0.6 is 11.6 Å². The van der Waals surface area contributed by atoms with E-state index in [4.69, 9.17) is 16.3 Å². The van der Waals surface area contributed by atoms with Crippen LogP contribution in [0, 0.1) is 0 Å². The molecule has 1 aromatic carbocycles. The van der Waals surface area contributed by atoms with Gasteiger partial charge in [0.15, 0.2) is 0 Å². The van der Waals surface area contributed by atoms with E-state index in [2.05, 4.69) is 15.6 Å². The van der Waals surface area contributed by atoms with Crippen molar-refractivity contribution in [3.8, 4) is 5.75 Å². The van der Waals surface area contributed by atoms with Gasteiger partial charge in [-0.05, 0) is 25.8 Å². The number of rotatable bonds is 5. The Kier molecular flexibility index (Phi) is 5.04. The molecular weight excluding hydrogens is 328 g/mol. The minimum Gasteiger partial charge on any atom is -0.492 e. The lowest BCUT2D eigenvalue weighted by atomic mass is 9.95. The molecule has 0 radical (unpaired) electrons. The third kappa shape index (κ3) is 3.53. The van der Waals surface area contributed by atoms with E-state index in [-0.39, 0.29) is 18.4 Å². The number of benzene rings is 1. The average molecular weight is 349 g/mol. The number of amides is 1. The molecule has 0 aliphatic heterocycles. The first-order chi connectivity index (χ1) is 11.6. The molecule has 1 aliphatic carbocycles. The number of nitrogens with zero attached hydrogens (tertiary/aromatic N) is 3. The predicted molar refractivity (Wildman–Crippen MR) is 91.3 cm³/mol. The number of ether oxygens (including phenoxy) is 1. The number of aromatic nitrogens is 3. The highest BCUT2D eigenvalue weighted by Gasteiger charge is 2.24. The molecule has 0 spiro atoms. The van der Waals surface area contributed by atoms with Crippen molar-refractivity contribution in [1.82, 2.24) is 20.3 Å². The van der Waals surface area contributed by atoms with Gasteiger partial charge in [0, 0.05) is 25.1 Å². The highest BCUT2D eigenvalue weighted by Crippen LogP contribution is 2.29. The summed E-state index contributed by atoms with van der Waals surface area (Å²) in [4.78, 5) is 12.4. The van der Waals surface area contributed by atoms with E-state index in [1.807, 2.05) is 26.1 Å². The maximum absolute atomic E-state index is 12.4. The van der Waals surface area contributed by atoms with Crippen LogP contribution in [0.25, 0.3) is 0 Å². The Morgan fingerprint density at radius 1 is 1.50 bits per heavy atom. The quantitative estimate of drug-likeness (QED) is 0.898. The minimum atomic E-state index is -0.0261. The fraction of sp³-hybridized carbons (Fsp3) is 0.471. The lowest BCUT2D eigenvalue weighted by Gasteiger charge is -2.23. The summed E-state index contributed by atoms with van der Waals surface area (Å²) >= 11 is 6.17. The summed E-state index contributed by atoms with van der Waals surface area (Å²) in [6.07, 6.45) is 2.74. The molecule has 1 N–H and O–H groups in total. The minimum absolute atomic E-state index is 0.0261. The maximum atomic E-state index is 12.4. The number of aryl methyl sites for hydroxylation is 2. The smallest absolute Gasteiger partial charge is 0.224 e. The van der Waals surface area contributed by atoms with Crippen molar-refractivity contribution < 1.29 is 9.53 Å². The van der Waals surface area contributed by atoms with Crippen molar-refractivity contribution in [1.29, 1.82) is 0 Å². The van der Waals surface area contributed by atoms with Crippen LogP contribution in [-0.4, -0.2) is 33.5 Å². The summed E-state index contributed by atoms with van der Waals surface area (Å²) in [5.74, 6) is 0.570. The molecule has 0 bridgehead atoms. The molecule has 1 heterocycles. The molecule has 1 aromatic heterocycles. The highest BCUT2D eigenvalue weighted by atomic mass is 35.5. The van der Waals surface area contributed by atoms with Crippen molar-refractivity contribution in [3.05, 3.63) is 40.2 Å². The molecule has 24 heavy (non-hydrogen) atoms. The number of carbonyl (C=O) groups excluding carboxylic acids is 1. The zero-order valence-corrected chi connectivity index (χ0v) is 14.6. The first-order valence-electron chi connectivity index (χ1n) is 8.15. The van der Waals surface area contributed by atoms with Crippen LogP contribution in [-0.2, 0) is 31.1 Å². The topological polar surface area (TPSA) is 69.0 Å². The molecule has 1 atom stereocenters. The largest absolute Gasteiger partial charge is 0.492 e. The molecule has 1 unspecified atom stereocenters. The molecule has 0 saturated carbocycles. The Bertz CT molecular complexity index is 744. The maximum Gasteiger partial charge on any atom is 0.224 e. The monoisotopic (exact) mass is 348 g/mol. The van der Waals surface area contributed by atoms with Crippen molar-refractivity contribution in [2.45, 2.75) is 38.6 Å². The number of para-hydroxylation sites is 1. The fourth-order valence-corrected chi connectivity index (χ4v) is 3.33. The SMILES string of the molecule is CCOc1c(Cl)cccc1CC(=O)NC1CCc2nnn(C)c2C1. The zero-order chi connectivity index (χ0) is 17.1. The van der Waals surface area contributed by atoms with E-state index in [1.165, 1.54) is 0 Å². The van der Waals surface area contributed by atoms with Gasteiger partial charge in [-0.1, -0.05) is 28.9 Å². The van der Waals surface area contributed by atoms with Crippen LogP contribution in [0.1, 0.15) is 30.3 Å². The van der Waals surface area contributed by atoms with Gasteiger partial charge in [-0.3, -0.25) is 9.48 Å². The number of fused-ring (bicyclic) bond motifs is 1. The third-order valence-corrected chi connectivity index (χ3v) is 4.54. The van der Waals surface area contributed by atoms with Gasteiger partial charge in [0.2, 0.25) is 5.91 Å². The second-order valence-corrected chi connectivity index (χ2v) is 6.36. The van der Waals surface area contributed by atoms with Gasteiger partial charge in [-0.25, -0.2) is 0 Å². The Morgan fingerprint density at radius 2 is 2.33 bits per heavy atom. The normalized spacial score (nSPS) is 16.5. The van der Waals surface area contributed by atoms with Crippen molar-refractivity contribution in [2.24, 2.45) is 7.05 Å². The van der Waals surface area contributed by atoms with E-state index in [1.54, 1.807) is 10.7 Å². The van der Waals surface area contributed by atoms with Gasteiger partial charge >= 0.3 is 0 Å². The van der Waals surface area contributed by atoms with Gasteiger partial charge < -0.3 is 10.1 Å². The van der Waals surface area contributed by atoms with Gasteiger partial charge in [0.05, 0.1) is 29.4 Å². The summed E-state index contributed by atoms with van der Waals surface area (Å²) in [7, 11) is 1.89. The predicted octanol–water partition coefficient (Wildman–Crippen LogP) is 2.08. The van der Waals surface area contributed by atoms with Gasteiger partial charge in [0.1, 0.15) is 5.75 Å². The first-order valence-corrected chi connectivity index (χ1v) is 8.53. The Morgan fingerprint density at radius 3 is 3.12 bits per heavy atom. The van der Waals surface area contributed by atoms with E-state index >= 15 is 0 Å². The Hall–Kier alpha value is -2.08. The van der Waals surface area contributed by atoms with E-state index in [0.717, 1.165) is 36.2 Å². The zero-order valence-electron chi connectivity index (χ0n) is 13.9. The third-order valence-electron chi connectivity index (χ3n) is 4.25. The van der Waals surface area contributed by atoms with E-state index in [9.17, 15) is 4.79 Å². The van der Waals surface area contributed by atoms with Gasteiger partial charge in [0.25, 0.3) is 0 Å². The fourth-order valence-electron chi connectivity index (χ4n) is 3.08. The number of carbonyl (C=O) groups is 1. The molecule has 1 amide bonds. The van der Waals surface area contributed by atoms with Crippen LogP contribution in [0.4, 0.5) is 0 Å². The second kappa shape index (κ2) is 7.21. The number of halogens is 1. The van der Waals surface area contributed by atoms with Crippen molar-refractivity contribution >= 4 is 17.5 Å². The summed E-state index contributed by atoms with van der Waals surface area (Å²) in [6.45, 7) is 2.41. The molecule has 2 aromatic rings. The molecule has 7 heteroatoms. The van der Waals surface area contributed by atoms with Crippen LogP contribution in [0.3, 0.4) is 0 Å². The van der Waals surface area contributed by atoms with E-state index in [0.29, 0.717) is 17.4 Å². The molecule has 0 saturated heterocycles.